The van der Waals surface area contributed by atoms with E-state index in [1.165, 1.54) is 6.26 Å². The number of sulfonamides is 1. The van der Waals surface area contributed by atoms with Gasteiger partial charge in [-0.05, 0) is 39.2 Å². The molecule has 1 N–H and O–H groups in total. The average molecular weight is 310 g/mol. The lowest BCUT2D eigenvalue weighted by molar-refractivity contribution is 0.0704. The molecule has 1 heterocycles. The largest absolute Gasteiger partial charge is 0.298 e. The Morgan fingerprint density at radius 2 is 1.62 bits per heavy atom. The Morgan fingerprint density at radius 1 is 1.10 bits per heavy atom. The van der Waals surface area contributed by atoms with E-state index >= 15 is 0 Å². The van der Waals surface area contributed by atoms with Crippen molar-refractivity contribution in [2.24, 2.45) is 0 Å². The van der Waals surface area contributed by atoms with Crippen molar-refractivity contribution in [3.63, 3.8) is 0 Å². The number of benzene rings is 1. The van der Waals surface area contributed by atoms with Gasteiger partial charge in [0.25, 0.3) is 0 Å². The molecule has 118 valence electrons. The third kappa shape index (κ3) is 4.05. The van der Waals surface area contributed by atoms with Crippen molar-refractivity contribution in [2.75, 3.05) is 19.3 Å². The summed E-state index contributed by atoms with van der Waals surface area (Å²) in [4.78, 5) is 2.41. The second-order valence-electron chi connectivity index (χ2n) is 6.98. The molecule has 1 fully saturated rings. The number of nitrogens with one attached hydrogen (secondary N) is 1. The van der Waals surface area contributed by atoms with Crippen LogP contribution in [0, 0.1) is 0 Å². The fourth-order valence-electron chi connectivity index (χ4n) is 3.12. The minimum absolute atomic E-state index is 0.119. The van der Waals surface area contributed by atoms with Crippen molar-refractivity contribution in [2.45, 2.75) is 44.7 Å². The van der Waals surface area contributed by atoms with Gasteiger partial charge in [0.05, 0.1) is 11.8 Å². The topological polar surface area (TPSA) is 49.4 Å². The van der Waals surface area contributed by atoms with Gasteiger partial charge >= 0.3 is 0 Å². The minimum Gasteiger partial charge on any atom is -0.298 e. The van der Waals surface area contributed by atoms with Crippen molar-refractivity contribution < 1.29 is 8.42 Å². The summed E-state index contributed by atoms with van der Waals surface area (Å²) < 4.78 is 26.6. The standard InChI is InChI=1S/C16H26N2O2S/c1-15(2,3)18-12-10-16(11-13-18,17-21(4,19)20)14-8-6-5-7-9-14/h5-9,17H,10-13H2,1-4H3. The van der Waals surface area contributed by atoms with Gasteiger partial charge in [-0.25, -0.2) is 13.1 Å². The van der Waals surface area contributed by atoms with Crippen LogP contribution in [0.15, 0.2) is 30.3 Å². The normalized spacial score (nSPS) is 20.4. The van der Waals surface area contributed by atoms with Crippen molar-refractivity contribution in [3.05, 3.63) is 35.9 Å². The van der Waals surface area contributed by atoms with E-state index in [4.69, 9.17) is 0 Å². The Bertz CT molecular complexity index is 568. The molecule has 2 rings (SSSR count). The summed E-state index contributed by atoms with van der Waals surface area (Å²) in [5, 5.41) is 0. The first-order valence-corrected chi connectivity index (χ1v) is 9.31. The maximum atomic E-state index is 11.8. The maximum absolute atomic E-state index is 11.8. The van der Waals surface area contributed by atoms with Gasteiger partial charge < -0.3 is 0 Å². The van der Waals surface area contributed by atoms with Crippen LogP contribution < -0.4 is 4.72 Å². The Kier molecular flexibility index (Phi) is 4.47. The first-order valence-electron chi connectivity index (χ1n) is 7.42. The lowest BCUT2D eigenvalue weighted by atomic mass is 9.81. The summed E-state index contributed by atoms with van der Waals surface area (Å²) in [6.45, 7) is 8.38. The lowest BCUT2D eigenvalue weighted by Gasteiger charge is -2.46. The summed E-state index contributed by atoms with van der Waals surface area (Å²) in [5.41, 5.74) is 0.703. The van der Waals surface area contributed by atoms with E-state index in [-0.39, 0.29) is 5.54 Å². The van der Waals surface area contributed by atoms with E-state index in [1.54, 1.807) is 0 Å². The lowest BCUT2D eigenvalue weighted by Crippen LogP contribution is -2.56. The molecule has 5 heteroatoms. The van der Waals surface area contributed by atoms with E-state index < -0.39 is 15.6 Å². The SMILES string of the molecule is CC(C)(C)N1CCC(NS(C)(=O)=O)(c2ccccc2)CC1. The van der Waals surface area contributed by atoms with E-state index in [0.29, 0.717) is 0 Å². The molecule has 0 amide bonds. The fourth-order valence-corrected chi connectivity index (χ4v) is 4.15. The molecule has 0 aromatic heterocycles. The molecule has 0 bridgehead atoms. The molecular weight excluding hydrogens is 284 g/mol. The smallest absolute Gasteiger partial charge is 0.209 e. The summed E-state index contributed by atoms with van der Waals surface area (Å²) in [6.07, 6.45) is 2.83. The Morgan fingerprint density at radius 3 is 2.05 bits per heavy atom. The number of rotatable bonds is 3. The second-order valence-corrected chi connectivity index (χ2v) is 8.73. The molecule has 1 aromatic rings. The average Bonchev–Trinajstić information content (AvgIpc) is 2.37. The Balaban J connectivity index is 2.29. The molecule has 4 nitrogen and oxygen atoms in total. The van der Waals surface area contributed by atoms with Crippen LogP contribution in [0.4, 0.5) is 0 Å². The first kappa shape index (κ1) is 16.5. The van der Waals surface area contributed by atoms with Gasteiger partial charge in [0.15, 0.2) is 0 Å². The van der Waals surface area contributed by atoms with Gasteiger partial charge in [-0.3, -0.25) is 4.90 Å². The zero-order valence-electron chi connectivity index (χ0n) is 13.4. The number of piperidine rings is 1. The molecule has 1 aromatic carbocycles. The second kappa shape index (κ2) is 5.71. The predicted molar refractivity (Wildman–Crippen MR) is 86.7 cm³/mol. The summed E-state index contributed by atoms with van der Waals surface area (Å²) in [7, 11) is -3.25. The fraction of sp³-hybridized carbons (Fsp3) is 0.625. The molecule has 0 spiro atoms. The highest BCUT2D eigenvalue weighted by molar-refractivity contribution is 7.88. The molecule has 1 aliphatic rings. The van der Waals surface area contributed by atoms with E-state index in [0.717, 1.165) is 31.5 Å². The van der Waals surface area contributed by atoms with Crippen LogP contribution in [0.25, 0.3) is 0 Å². The van der Waals surface area contributed by atoms with Gasteiger partial charge in [0.2, 0.25) is 10.0 Å². The molecule has 0 aliphatic carbocycles. The third-order valence-electron chi connectivity index (χ3n) is 4.27. The van der Waals surface area contributed by atoms with Gasteiger partial charge in [-0.15, -0.1) is 0 Å². The van der Waals surface area contributed by atoms with Crippen LogP contribution in [0.3, 0.4) is 0 Å². The molecule has 0 radical (unpaired) electrons. The zero-order valence-corrected chi connectivity index (χ0v) is 14.2. The third-order valence-corrected chi connectivity index (χ3v) is 5.03. The van der Waals surface area contributed by atoms with E-state index in [1.807, 2.05) is 30.3 Å². The van der Waals surface area contributed by atoms with Crippen LogP contribution in [-0.2, 0) is 15.6 Å². The number of likely N-dealkylation sites (tertiary alicyclic amines) is 1. The van der Waals surface area contributed by atoms with Gasteiger partial charge in [0, 0.05) is 18.6 Å². The van der Waals surface area contributed by atoms with Crippen molar-refractivity contribution in [1.82, 2.24) is 9.62 Å². The molecule has 0 saturated carbocycles. The zero-order chi connectivity index (χ0) is 15.7. The molecular formula is C16H26N2O2S. The highest BCUT2D eigenvalue weighted by Gasteiger charge is 2.40. The van der Waals surface area contributed by atoms with Gasteiger partial charge in [-0.1, -0.05) is 30.3 Å². The maximum Gasteiger partial charge on any atom is 0.209 e. The minimum atomic E-state index is -3.25. The summed E-state index contributed by atoms with van der Waals surface area (Å²) in [6, 6.07) is 9.94. The van der Waals surface area contributed by atoms with Crippen LogP contribution in [0.5, 0.6) is 0 Å². The van der Waals surface area contributed by atoms with Crippen molar-refractivity contribution in [3.8, 4) is 0 Å². The molecule has 1 aliphatic heterocycles. The van der Waals surface area contributed by atoms with E-state index in [9.17, 15) is 8.42 Å². The number of hydrogen-bond donors (Lipinski definition) is 1. The van der Waals surface area contributed by atoms with E-state index in [2.05, 4.69) is 30.4 Å². The van der Waals surface area contributed by atoms with Crippen LogP contribution >= 0.6 is 0 Å². The molecule has 0 atom stereocenters. The van der Waals surface area contributed by atoms with Crippen LogP contribution in [0.1, 0.15) is 39.2 Å². The summed E-state index contributed by atoms with van der Waals surface area (Å²) in [5.74, 6) is 0. The monoisotopic (exact) mass is 310 g/mol. The predicted octanol–water partition coefficient (Wildman–Crippen LogP) is 2.33. The molecule has 0 unspecified atom stereocenters. The van der Waals surface area contributed by atoms with Crippen molar-refractivity contribution in [1.29, 1.82) is 0 Å². The molecule has 21 heavy (non-hydrogen) atoms. The Hall–Kier alpha value is -0.910. The number of hydrogen-bond acceptors (Lipinski definition) is 3. The quantitative estimate of drug-likeness (QED) is 0.932. The van der Waals surface area contributed by atoms with Crippen LogP contribution in [-0.4, -0.2) is 38.2 Å². The molecule has 1 saturated heterocycles. The van der Waals surface area contributed by atoms with Gasteiger partial charge in [0.1, 0.15) is 0 Å². The Labute approximate surface area is 128 Å². The highest BCUT2D eigenvalue weighted by atomic mass is 32.2. The van der Waals surface area contributed by atoms with Crippen molar-refractivity contribution >= 4 is 10.0 Å². The van der Waals surface area contributed by atoms with Crippen LogP contribution in [0.2, 0.25) is 0 Å². The van der Waals surface area contributed by atoms with Gasteiger partial charge in [-0.2, -0.15) is 0 Å². The first-order chi connectivity index (χ1) is 9.62. The highest BCUT2D eigenvalue weighted by Crippen LogP contribution is 2.35. The summed E-state index contributed by atoms with van der Waals surface area (Å²) >= 11 is 0. The number of nitrogens with zero attached hydrogens (tertiary/aromatic N) is 1.